The lowest BCUT2D eigenvalue weighted by atomic mass is 10.2. The molecule has 1 atom stereocenters. The van der Waals surface area contributed by atoms with Crippen LogP contribution in [0.1, 0.15) is 16.8 Å². The number of carbonyl (C=O) groups is 1. The average Bonchev–Trinajstić information content (AvgIpc) is 2.24. The Morgan fingerprint density at radius 3 is 2.82 bits per heavy atom. The lowest BCUT2D eigenvalue weighted by Crippen LogP contribution is -2.26. The van der Waals surface area contributed by atoms with E-state index in [4.69, 9.17) is 0 Å². The van der Waals surface area contributed by atoms with E-state index < -0.39 is 22.5 Å². The summed E-state index contributed by atoms with van der Waals surface area (Å²) in [5.74, 6) is -0.494. The zero-order chi connectivity index (χ0) is 12.8. The van der Waals surface area contributed by atoms with E-state index >= 15 is 0 Å². The van der Waals surface area contributed by atoms with Gasteiger partial charge in [-0.2, -0.15) is 0 Å². The van der Waals surface area contributed by atoms with Crippen LogP contribution in [-0.2, 0) is 10.8 Å². The average molecular weight is 322 g/mol. The van der Waals surface area contributed by atoms with Crippen molar-refractivity contribution < 1.29 is 13.4 Å². The highest BCUT2D eigenvalue weighted by atomic mass is 79.9. The van der Waals surface area contributed by atoms with Crippen molar-refractivity contribution in [3.63, 3.8) is 0 Å². The molecule has 0 saturated heterocycles. The van der Waals surface area contributed by atoms with E-state index in [0.717, 1.165) is 0 Å². The number of carbonyl (C=O) groups excluding carboxylic acids is 1. The van der Waals surface area contributed by atoms with Crippen LogP contribution in [0, 0.1) is 5.82 Å². The van der Waals surface area contributed by atoms with Gasteiger partial charge in [0.05, 0.1) is 5.56 Å². The van der Waals surface area contributed by atoms with Crippen LogP contribution >= 0.6 is 15.9 Å². The van der Waals surface area contributed by atoms with E-state index in [1.54, 1.807) is 12.3 Å². The Bertz CT molecular complexity index is 419. The van der Waals surface area contributed by atoms with Crippen molar-refractivity contribution in [2.45, 2.75) is 6.42 Å². The smallest absolute Gasteiger partial charge is 0.255 e. The maximum Gasteiger partial charge on any atom is 0.255 e. The molecule has 1 rings (SSSR count). The summed E-state index contributed by atoms with van der Waals surface area (Å²) in [4.78, 5) is 11.7. The van der Waals surface area contributed by atoms with Gasteiger partial charge in [-0.25, -0.2) is 4.39 Å². The highest BCUT2D eigenvalue weighted by Gasteiger charge is 2.14. The minimum absolute atomic E-state index is 0.00474. The molecule has 1 N–H and O–H groups in total. The van der Waals surface area contributed by atoms with Gasteiger partial charge in [-0.15, -0.1) is 0 Å². The molecule has 0 bridgehead atoms. The molecule has 6 heteroatoms. The number of halogens is 2. The molecule has 0 aliphatic heterocycles. The molecule has 0 fully saturated rings. The molecule has 0 heterocycles. The van der Waals surface area contributed by atoms with Crippen LogP contribution in [0.25, 0.3) is 0 Å². The Kier molecular flexibility index (Phi) is 5.77. The molecule has 1 unspecified atom stereocenters. The Morgan fingerprint density at radius 2 is 2.24 bits per heavy atom. The molecular weight excluding hydrogens is 309 g/mol. The molecule has 1 aromatic rings. The molecule has 0 aliphatic rings. The Morgan fingerprint density at radius 1 is 1.53 bits per heavy atom. The molecular formula is C11H13BrFNO2S. The number of nitrogens with one attached hydrogen (secondary N) is 1. The fourth-order valence-corrected chi connectivity index (χ4v) is 2.35. The largest absolute Gasteiger partial charge is 0.352 e. The van der Waals surface area contributed by atoms with E-state index in [0.29, 0.717) is 23.2 Å². The quantitative estimate of drug-likeness (QED) is 0.844. The van der Waals surface area contributed by atoms with Gasteiger partial charge >= 0.3 is 0 Å². The maximum absolute atomic E-state index is 13.4. The van der Waals surface area contributed by atoms with E-state index in [9.17, 15) is 13.4 Å². The van der Waals surface area contributed by atoms with E-state index in [-0.39, 0.29) is 5.56 Å². The van der Waals surface area contributed by atoms with Crippen LogP contribution in [0.4, 0.5) is 4.39 Å². The summed E-state index contributed by atoms with van der Waals surface area (Å²) in [6, 6.07) is 4.37. The van der Waals surface area contributed by atoms with Gasteiger partial charge in [0.1, 0.15) is 5.82 Å². The molecule has 0 radical (unpaired) electrons. The van der Waals surface area contributed by atoms with Gasteiger partial charge in [0.25, 0.3) is 5.91 Å². The van der Waals surface area contributed by atoms with Crippen LogP contribution in [0.5, 0.6) is 0 Å². The Hall–Kier alpha value is -0.750. The monoisotopic (exact) mass is 321 g/mol. The first kappa shape index (κ1) is 14.3. The number of rotatable bonds is 5. The maximum atomic E-state index is 13.4. The standard InChI is InChI=1S/C11H13BrFNO2S/c1-17(16)7-3-6-14-11(15)10-8(12)4-2-5-9(10)13/h2,4-5H,3,6-7H2,1H3,(H,14,15). The van der Waals surface area contributed by atoms with Crippen molar-refractivity contribution in [2.24, 2.45) is 0 Å². The van der Waals surface area contributed by atoms with Crippen LogP contribution in [0.3, 0.4) is 0 Å². The van der Waals surface area contributed by atoms with Crippen LogP contribution in [0.15, 0.2) is 22.7 Å². The van der Waals surface area contributed by atoms with E-state index in [2.05, 4.69) is 21.2 Å². The third kappa shape index (κ3) is 4.55. The highest BCUT2D eigenvalue weighted by Crippen LogP contribution is 2.19. The van der Waals surface area contributed by atoms with E-state index in [1.807, 2.05) is 0 Å². The first-order valence-corrected chi connectivity index (χ1v) is 7.56. The van der Waals surface area contributed by atoms with Crippen molar-refractivity contribution >= 4 is 32.6 Å². The number of amides is 1. The number of hydrogen-bond donors (Lipinski definition) is 1. The van der Waals surface area contributed by atoms with Crippen LogP contribution in [0.2, 0.25) is 0 Å². The summed E-state index contributed by atoms with van der Waals surface area (Å²) in [5, 5.41) is 2.59. The fraction of sp³-hybridized carbons (Fsp3) is 0.364. The third-order valence-corrected chi connectivity index (χ3v) is 3.61. The van der Waals surface area contributed by atoms with Gasteiger partial charge in [0.2, 0.25) is 0 Å². The van der Waals surface area contributed by atoms with Gasteiger partial charge in [-0.3, -0.25) is 9.00 Å². The normalized spacial score (nSPS) is 12.2. The summed E-state index contributed by atoms with van der Waals surface area (Å²) in [7, 11) is -0.868. The second-order valence-electron chi connectivity index (χ2n) is 3.48. The first-order chi connectivity index (χ1) is 8.02. The predicted molar refractivity (Wildman–Crippen MR) is 70.0 cm³/mol. The topological polar surface area (TPSA) is 46.2 Å². The zero-order valence-corrected chi connectivity index (χ0v) is 11.7. The second-order valence-corrected chi connectivity index (χ2v) is 5.89. The summed E-state index contributed by atoms with van der Waals surface area (Å²) < 4.78 is 24.6. The number of benzene rings is 1. The van der Waals surface area contributed by atoms with E-state index in [1.165, 1.54) is 12.1 Å². The summed E-state index contributed by atoms with van der Waals surface area (Å²) in [6.07, 6.45) is 2.22. The van der Waals surface area contributed by atoms with Crippen LogP contribution < -0.4 is 5.32 Å². The fourth-order valence-electron chi connectivity index (χ4n) is 1.28. The van der Waals surface area contributed by atoms with Gasteiger partial charge in [0, 0.05) is 33.8 Å². The van der Waals surface area contributed by atoms with Crippen LogP contribution in [-0.4, -0.2) is 28.7 Å². The van der Waals surface area contributed by atoms with Gasteiger partial charge in [-0.1, -0.05) is 6.07 Å². The van der Waals surface area contributed by atoms with Crippen molar-refractivity contribution in [2.75, 3.05) is 18.6 Å². The van der Waals surface area contributed by atoms with Gasteiger partial charge in [-0.05, 0) is 34.5 Å². The third-order valence-electron chi connectivity index (χ3n) is 2.08. The van der Waals surface area contributed by atoms with Crippen molar-refractivity contribution in [3.05, 3.63) is 34.1 Å². The Balaban J connectivity index is 2.55. The predicted octanol–water partition coefficient (Wildman–Crippen LogP) is 2.09. The minimum Gasteiger partial charge on any atom is -0.352 e. The Labute approximate surface area is 110 Å². The lowest BCUT2D eigenvalue weighted by molar-refractivity contribution is 0.0949. The molecule has 0 saturated carbocycles. The SMILES string of the molecule is CS(=O)CCCNC(=O)c1c(F)cccc1Br. The summed E-state index contributed by atoms with van der Waals surface area (Å²) >= 11 is 3.13. The molecule has 1 amide bonds. The second kappa shape index (κ2) is 6.86. The molecule has 0 aromatic heterocycles. The molecule has 3 nitrogen and oxygen atoms in total. The van der Waals surface area contributed by atoms with Crippen molar-refractivity contribution in [3.8, 4) is 0 Å². The molecule has 0 aliphatic carbocycles. The van der Waals surface area contributed by atoms with Gasteiger partial charge < -0.3 is 5.32 Å². The molecule has 1 aromatic carbocycles. The van der Waals surface area contributed by atoms with Gasteiger partial charge in [0.15, 0.2) is 0 Å². The number of hydrogen-bond acceptors (Lipinski definition) is 2. The summed E-state index contributed by atoms with van der Waals surface area (Å²) in [5.41, 5.74) is 0.00474. The molecule has 0 spiro atoms. The first-order valence-electron chi connectivity index (χ1n) is 5.04. The zero-order valence-electron chi connectivity index (χ0n) is 9.33. The highest BCUT2D eigenvalue weighted by molar-refractivity contribution is 9.10. The van der Waals surface area contributed by atoms with Crippen molar-refractivity contribution in [1.29, 1.82) is 0 Å². The lowest BCUT2D eigenvalue weighted by Gasteiger charge is -2.07. The van der Waals surface area contributed by atoms with Crippen molar-refractivity contribution in [1.82, 2.24) is 5.32 Å². The summed E-state index contributed by atoms with van der Waals surface area (Å²) in [6.45, 7) is 0.388. The molecule has 94 valence electrons. The molecule has 17 heavy (non-hydrogen) atoms. The minimum atomic E-state index is -0.868.